The predicted molar refractivity (Wildman–Crippen MR) is 106 cm³/mol. The second-order valence-corrected chi connectivity index (χ2v) is 10.4. The van der Waals surface area contributed by atoms with Crippen LogP contribution in [0, 0.1) is 0 Å². The SMILES string of the molecule is CCC(C)(CC1OC([n+]2cn(C)c3c(=O)[nH]cnc32)C(O)C1O)OP1(=O)OC1(O)CC. The summed E-state index contributed by atoms with van der Waals surface area (Å²) in [4.78, 5) is 18.8. The highest BCUT2D eigenvalue weighted by Gasteiger charge is 2.70. The third-order valence-electron chi connectivity index (χ3n) is 6.16. The highest BCUT2D eigenvalue weighted by atomic mass is 31.2. The molecule has 2 aliphatic heterocycles. The van der Waals surface area contributed by atoms with Crippen LogP contribution in [0.25, 0.3) is 11.2 Å². The first kappa shape index (κ1) is 22.5. The average Bonchev–Trinajstić information content (AvgIpc) is 2.94. The van der Waals surface area contributed by atoms with Crippen LogP contribution in [-0.2, 0) is 25.4 Å². The van der Waals surface area contributed by atoms with Gasteiger partial charge in [-0.25, -0.2) is 4.57 Å². The maximum atomic E-state index is 12.7. The largest absolute Gasteiger partial charge is 0.393 e. The molecule has 0 bridgehead atoms. The van der Waals surface area contributed by atoms with Crippen LogP contribution in [0.5, 0.6) is 0 Å². The van der Waals surface area contributed by atoms with Crippen molar-refractivity contribution >= 4 is 18.8 Å². The number of fused-ring (bicyclic) bond motifs is 1. The van der Waals surface area contributed by atoms with Gasteiger partial charge in [-0.1, -0.05) is 18.8 Å². The van der Waals surface area contributed by atoms with E-state index in [1.807, 2.05) is 6.92 Å². The number of aromatic amines is 1. The molecule has 0 saturated carbocycles. The summed E-state index contributed by atoms with van der Waals surface area (Å²) >= 11 is 0. The van der Waals surface area contributed by atoms with E-state index in [0.29, 0.717) is 17.6 Å². The Balaban J connectivity index is 1.57. The number of nitrogens with one attached hydrogen (secondary N) is 1. The molecular weight excluding hydrogens is 431 g/mol. The molecule has 2 saturated heterocycles. The molecule has 4 N–H and O–H groups in total. The van der Waals surface area contributed by atoms with Gasteiger partial charge in [-0.2, -0.15) is 0 Å². The summed E-state index contributed by atoms with van der Waals surface area (Å²) in [5.74, 6) is 0. The Hall–Kier alpha value is -1.66. The van der Waals surface area contributed by atoms with Crippen LogP contribution in [0.4, 0.5) is 0 Å². The van der Waals surface area contributed by atoms with Crippen LogP contribution < -0.4 is 10.1 Å². The molecular formula is C18H28N4O8P+. The Morgan fingerprint density at radius 1 is 1.42 bits per heavy atom. The van der Waals surface area contributed by atoms with Gasteiger partial charge in [0.25, 0.3) is 11.1 Å². The fraction of sp³-hybridized carbons (Fsp3) is 0.722. The molecule has 12 nitrogen and oxygen atoms in total. The van der Waals surface area contributed by atoms with Crippen molar-refractivity contribution in [2.45, 2.75) is 75.7 Å². The highest BCUT2D eigenvalue weighted by Crippen LogP contribution is 2.80. The summed E-state index contributed by atoms with van der Waals surface area (Å²) in [6.45, 7) is 5.13. The summed E-state index contributed by atoms with van der Waals surface area (Å²) in [7, 11) is -2.01. The van der Waals surface area contributed by atoms with Gasteiger partial charge in [-0.15, -0.1) is 0 Å². The van der Waals surface area contributed by atoms with Gasteiger partial charge in [0.1, 0.15) is 12.2 Å². The third-order valence-corrected chi connectivity index (χ3v) is 8.48. The summed E-state index contributed by atoms with van der Waals surface area (Å²) in [5, 5.41) is 31.4. The molecule has 2 aromatic rings. The summed E-state index contributed by atoms with van der Waals surface area (Å²) in [5.41, 5.74) is -2.59. The van der Waals surface area contributed by atoms with E-state index in [1.54, 1.807) is 31.8 Å². The van der Waals surface area contributed by atoms with Crippen molar-refractivity contribution in [3.63, 3.8) is 0 Å². The average molecular weight is 459 g/mol. The zero-order valence-corrected chi connectivity index (χ0v) is 18.7. The minimum Gasteiger partial charge on any atom is -0.387 e. The van der Waals surface area contributed by atoms with E-state index >= 15 is 0 Å². The molecule has 13 heteroatoms. The Labute approximate surface area is 177 Å². The number of imidazole rings is 1. The zero-order valence-electron chi connectivity index (χ0n) is 17.8. The van der Waals surface area contributed by atoms with Crippen LogP contribution in [0.3, 0.4) is 0 Å². The van der Waals surface area contributed by atoms with Gasteiger partial charge in [-0.3, -0.25) is 28.0 Å². The van der Waals surface area contributed by atoms with Crippen LogP contribution in [0.15, 0.2) is 17.4 Å². The lowest BCUT2D eigenvalue weighted by Gasteiger charge is -2.30. The number of aryl methyl sites for hydroxylation is 1. The van der Waals surface area contributed by atoms with E-state index in [-0.39, 0.29) is 18.4 Å². The molecule has 2 aliphatic rings. The molecule has 0 aliphatic carbocycles. The highest BCUT2D eigenvalue weighted by molar-refractivity contribution is 7.61. The molecule has 2 fully saturated rings. The van der Waals surface area contributed by atoms with Crippen molar-refractivity contribution in [2.75, 3.05) is 0 Å². The number of hydrogen-bond acceptors (Lipinski definition) is 9. The standard InChI is InChI=1S/C18H27N4O8P/c1-5-17(3,29-31(27)18(26,6-2)30-31)7-10-12(23)13(24)16(28-10)22-9-21(4)11-14(22)19-8-20-15(11)25/h8-10,12-13,16,23-24,26H,5-7H2,1-4H3/p+1. The van der Waals surface area contributed by atoms with Gasteiger partial charge in [0.15, 0.2) is 12.7 Å². The van der Waals surface area contributed by atoms with Crippen molar-refractivity contribution in [1.29, 1.82) is 0 Å². The third kappa shape index (κ3) is 3.56. The van der Waals surface area contributed by atoms with E-state index < -0.39 is 43.3 Å². The minimum atomic E-state index is -3.68. The van der Waals surface area contributed by atoms with E-state index in [9.17, 15) is 24.7 Å². The smallest absolute Gasteiger partial charge is 0.387 e. The van der Waals surface area contributed by atoms with Crippen molar-refractivity contribution in [2.24, 2.45) is 7.05 Å². The fourth-order valence-electron chi connectivity index (χ4n) is 3.98. The molecule has 172 valence electrons. The second-order valence-electron chi connectivity index (χ2n) is 8.37. The summed E-state index contributed by atoms with van der Waals surface area (Å²) < 4.78 is 32.4. The van der Waals surface area contributed by atoms with Gasteiger partial charge < -0.3 is 20.1 Å². The first-order valence-corrected chi connectivity index (χ1v) is 11.7. The predicted octanol–water partition coefficient (Wildman–Crippen LogP) is 0.0231. The first-order chi connectivity index (χ1) is 14.5. The number of ether oxygens (including phenoxy) is 1. The molecule has 2 aromatic heterocycles. The van der Waals surface area contributed by atoms with Gasteiger partial charge >= 0.3 is 13.2 Å². The maximum absolute atomic E-state index is 12.7. The number of nitrogens with zero attached hydrogens (tertiary/aromatic N) is 3. The second kappa shape index (κ2) is 7.45. The molecule has 0 radical (unpaired) electrons. The van der Waals surface area contributed by atoms with Crippen molar-refractivity contribution in [1.82, 2.24) is 14.5 Å². The topological polar surface area (TPSA) is 163 Å². The molecule has 0 amide bonds. The molecule has 7 atom stereocenters. The molecule has 7 unspecified atom stereocenters. The Kier molecular flexibility index (Phi) is 5.41. The number of rotatable bonds is 7. The lowest BCUT2D eigenvalue weighted by Crippen LogP contribution is -2.46. The maximum Gasteiger partial charge on any atom is 0.393 e. The van der Waals surface area contributed by atoms with Crippen LogP contribution in [-0.4, -0.2) is 59.3 Å². The van der Waals surface area contributed by atoms with Gasteiger partial charge in [0, 0.05) is 12.8 Å². The molecule has 31 heavy (non-hydrogen) atoms. The monoisotopic (exact) mass is 459 g/mol. The number of aromatic nitrogens is 4. The van der Waals surface area contributed by atoms with E-state index in [0.717, 1.165) is 0 Å². The van der Waals surface area contributed by atoms with Crippen LogP contribution >= 0.6 is 7.60 Å². The lowest BCUT2D eigenvalue weighted by molar-refractivity contribution is -0.746. The molecule has 4 heterocycles. The summed E-state index contributed by atoms with van der Waals surface area (Å²) in [6.07, 6.45) is -1.02. The van der Waals surface area contributed by atoms with E-state index in [4.69, 9.17) is 13.8 Å². The van der Waals surface area contributed by atoms with Gasteiger partial charge in [0.2, 0.25) is 11.7 Å². The Morgan fingerprint density at radius 2 is 2.13 bits per heavy atom. The fourth-order valence-corrected chi connectivity index (χ4v) is 6.01. The number of aliphatic hydroxyl groups is 3. The zero-order chi connectivity index (χ0) is 22.8. The summed E-state index contributed by atoms with van der Waals surface area (Å²) in [6, 6.07) is 0. The molecule has 0 spiro atoms. The van der Waals surface area contributed by atoms with E-state index in [2.05, 4.69) is 9.97 Å². The van der Waals surface area contributed by atoms with Crippen molar-refractivity contribution in [3.05, 3.63) is 23.0 Å². The van der Waals surface area contributed by atoms with Gasteiger partial charge in [-0.05, 0) is 13.3 Å². The number of H-pyrrole nitrogens is 1. The van der Waals surface area contributed by atoms with Crippen LogP contribution in [0.2, 0.25) is 0 Å². The quantitative estimate of drug-likeness (QED) is 0.254. The van der Waals surface area contributed by atoms with Crippen LogP contribution in [0.1, 0.15) is 46.3 Å². The number of aliphatic hydroxyl groups excluding tert-OH is 2. The van der Waals surface area contributed by atoms with Gasteiger partial charge in [0.05, 0.1) is 18.8 Å². The number of hydrogen-bond donors (Lipinski definition) is 4. The Morgan fingerprint density at radius 3 is 2.74 bits per heavy atom. The van der Waals surface area contributed by atoms with Crippen molar-refractivity contribution in [3.8, 4) is 0 Å². The van der Waals surface area contributed by atoms with Crippen molar-refractivity contribution < 1.29 is 38.2 Å². The first-order valence-electron chi connectivity index (χ1n) is 10.2. The normalized spacial score (nSPS) is 37.3. The van der Waals surface area contributed by atoms with E-state index in [1.165, 1.54) is 10.9 Å². The molecule has 0 aromatic carbocycles. The Bertz CT molecular complexity index is 1100. The molecule has 4 rings (SSSR count). The minimum absolute atomic E-state index is 0.0880. The lowest BCUT2D eigenvalue weighted by atomic mass is 9.93.